The third kappa shape index (κ3) is 3.85. The van der Waals surface area contributed by atoms with Crippen molar-refractivity contribution in [3.8, 4) is 5.82 Å². The van der Waals surface area contributed by atoms with E-state index in [2.05, 4.69) is 20.1 Å². The third-order valence-electron chi connectivity index (χ3n) is 5.60. The van der Waals surface area contributed by atoms with Crippen molar-refractivity contribution in [2.24, 2.45) is 5.92 Å². The fourth-order valence-corrected chi connectivity index (χ4v) is 3.98. The van der Waals surface area contributed by atoms with Gasteiger partial charge in [0.25, 0.3) is 5.56 Å². The van der Waals surface area contributed by atoms with Crippen LogP contribution in [0.3, 0.4) is 0 Å². The van der Waals surface area contributed by atoms with E-state index in [0.29, 0.717) is 24.2 Å². The van der Waals surface area contributed by atoms with Gasteiger partial charge in [-0.2, -0.15) is 5.10 Å². The van der Waals surface area contributed by atoms with Crippen LogP contribution in [0.1, 0.15) is 41.7 Å². The number of aryl methyl sites for hydroxylation is 2. The van der Waals surface area contributed by atoms with Crippen molar-refractivity contribution >= 4 is 0 Å². The van der Waals surface area contributed by atoms with Crippen LogP contribution in [0.25, 0.3) is 5.82 Å². The van der Waals surface area contributed by atoms with Crippen LogP contribution >= 0.6 is 0 Å². The standard InChI is InChI=1S/C21H25N7O/c1-14-9-15(2)28(24-14)19-5-6-20(29)27(25-19)12-16-10-26(11-16)13-18-7-8-22-21(23-18)17-3-4-17/h5-9,16-17H,3-4,10-13H2,1-2H3. The second-order valence-corrected chi connectivity index (χ2v) is 8.29. The first-order chi connectivity index (χ1) is 14.0. The van der Waals surface area contributed by atoms with Gasteiger partial charge in [0, 0.05) is 49.4 Å². The van der Waals surface area contributed by atoms with Gasteiger partial charge in [0.1, 0.15) is 5.82 Å². The molecule has 0 bridgehead atoms. The predicted molar refractivity (Wildman–Crippen MR) is 108 cm³/mol. The Balaban J connectivity index is 1.22. The molecule has 8 nitrogen and oxygen atoms in total. The van der Waals surface area contributed by atoms with Gasteiger partial charge < -0.3 is 0 Å². The van der Waals surface area contributed by atoms with Gasteiger partial charge in [-0.05, 0) is 44.9 Å². The molecule has 4 heterocycles. The molecule has 0 unspecified atom stereocenters. The molecule has 3 aromatic heterocycles. The third-order valence-corrected chi connectivity index (χ3v) is 5.60. The largest absolute Gasteiger partial charge is 0.297 e. The van der Waals surface area contributed by atoms with Crippen molar-refractivity contribution in [1.29, 1.82) is 0 Å². The highest BCUT2D eigenvalue weighted by Gasteiger charge is 2.29. The minimum Gasteiger partial charge on any atom is -0.297 e. The van der Waals surface area contributed by atoms with Gasteiger partial charge in [-0.1, -0.05) is 0 Å². The van der Waals surface area contributed by atoms with Crippen LogP contribution < -0.4 is 5.56 Å². The van der Waals surface area contributed by atoms with Crippen molar-refractivity contribution in [2.75, 3.05) is 13.1 Å². The van der Waals surface area contributed by atoms with Gasteiger partial charge >= 0.3 is 0 Å². The summed E-state index contributed by atoms with van der Waals surface area (Å²) in [5.41, 5.74) is 2.96. The van der Waals surface area contributed by atoms with Gasteiger partial charge in [-0.3, -0.25) is 9.69 Å². The van der Waals surface area contributed by atoms with Gasteiger partial charge in [0.15, 0.2) is 5.82 Å². The highest BCUT2D eigenvalue weighted by Crippen LogP contribution is 2.37. The summed E-state index contributed by atoms with van der Waals surface area (Å²) in [7, 11) is 0. The summed E-state index contributed by atoms with van der Waals surface area (Å²) in [5, 5.41) is 9.02. The molecule has 5 rings (SSSR count). The van der Waals surface area contributed by atoms with E-state index in [9.17, 15) is 4.79 Å². The van der Waals surface area contributed by atoms with Crippen molar-refractivity contribution in [2.45, 2.75) is 45.7 Å². The highest BCUT2D eigenvalue weighted by molar-refractivity contribution is 5.23. The average molecular weight is 391 g/mol. The highest BCUT2D eigenvalue weighted by atomic mass is 16.1. The fraction of sp³-hybridized carbons (Fsp3) is 0.476. The normalized spacial score (nSPS) is 17.4. The lowest BCUT2D eigenvalue weighted by Crippen LogP contribution is -2.49. The zero-order valence-corrected chi connectivity index (χ0v) is 16.8. The van der Waals surface area contributed by atoms with E-state index in [-0.39, 0.29) is 5.56 Å². The fourth-order valence-electron chi connectivity index (χ4n) is 3.98. The minimum atomic E-state index is -0.0707. The van der Waals surface area contributed by atoms with Crippen LogP contribution in [0.4, 0.5) is 0 Å². The molecule has 29 heavy (non-hydrogen) atoms. The molecular weight excluding hydrogens is 366 g/mol. The summed E-state index contributed by atoms with van der Waals surface area (Å²) in [5.74, 6) is 2.67. The van der Waals surface area contributed by atoms with Gasteiger partial charge in [0.05, 0.1) is 17.9 Å². The topological polar surface area (TPSA) is 81.7 Å². The summed E-state index contributed by atoms with van der Waals surface area (Å²) in [6.07, 6.45) is 4.31. The van der Waals surface area contributed by atoms with Crippen molar-refractivity contribution in [3.05, 3.63) is 63.7 Å². The zero-order valence-electron chi connectivity index (χ0n) is 16.8. The Morgan fingerprint density at radius 3 is 2.66 bits per heavy atom. The van der Waals surface area contributed by atoms with E-state index < -0.39 is 0 Å². The number of likely N-dealkylation sites (tertiary alicyclic amines) is 1. The number of aromatic nitrogens is 6. The molecule has 1 saturated carbocycles. The van der Waals surface area contributed by atoms with Crippen LogP contribution in [-0.2, 0) is 13.1 Å². The Labute approximate surface area is 169 Å². The van der Waals surface area contributed by atoms with E-state index in [1.54, 1.807) is 21.5 Å². The first kappa shape index (κ1) is 18.2. The molecule has 3 aromatic rings. The number of nitrogens with zero attached hydrogens (tertiary/aromatic N) is 7. The lowest BCUT2D eigenvalue weighted by Gasteiger charge is -2.39. The zero-order chi connectivity index (χ0) is 20.0. The number of rotatable bonds is 6. The molecule has 0 spiro atoms. The summed E-state index contributed by atoms with van der Waals surface area (Å²) >= 11 is 0. The van der Waals surface area contributed by atoms with Crippen LogP contribution in [0.2, 0.25) is 0 Å². The second kappa shape index (κ2) is 7.18. The van der Waals surface area contributed by atoms with E-state index in [1.165, 1.54) is 12.8 Å². The molecule has 2 aliphatic rings. The predicted octanol–water partition coefficient (Wildman–Crippen LogP) is 1.85. The first-order valence-corrected chi connectivity index (χ1v) is 10.2. The Hall–Kier alpha value is -2.87. The minimum absolute atomic E-state index is 0.0707. The molecule has 0 atom stereocenters. The maximum absolute atomic E-state index is 12.3. The molecule has 8 heteroatoms. The maximum Gasteiger partial charge on any atom is 0.266 e. The van der Waals surface area contributed by atoms with E-state index in [4.69, 9.17) is 4.98 Å². The van der Waals surface area contributed by atoms with Gasteiger partial charge in [0.2, 0.25) is 0 Å². The van der Waals surface area contributed by atoms with Gasteiger partial charge in [-0.25, -0.2) is 19.3 Å². The van der Waals surface area contributed by atoms with E-state index >= 15 is 0 Å². The summed E-state index contributed by atoms with van der Waals surface area (Å²) < 4.78 is 3.36. The summed E-state index contributed by atoms with van der Waals surface area (Å²) in [6.45, 7) is 7.30. The van der Waals surface area contributed by atoms with Crippen LogP contribution in [-0.4, -0.2) is 47.5 Å². The van der Waals surface area contributed by atoms with Crippen LogP contribution in [0.15, 0.2) is 35.3 Å². The smallest absolute Gasteiger partial charge is 0.266 e. The van der Waals surface area contributed by atoms with Crippen LogP contribution in [0, 0.1) is 19.8 Å². The van der Waals surface area contributed by atoms with Gasteiger partial charge in [-0.15, -0.1) is 5.10 Å². The van der Waals surface area contributed by atoms with E-state index in [1.807, 2.05) is 32.2 Å². The number of hydrogen-bond donors (Lipinski definition) is 0. The van der Waals surface area contributed by atoms with Crippen molar-refractivity contribution in [1.82, 2.24) is 34.4 Å². The van der Waals surface area contributed by atoms with Crippen molar-refractivity contribution < 1.29 is 0 Å². The summed E-state index contributed by atoms with van der Waals surface area (Å²) in [6, 6.07) is 7.32. The maximum atomic E-state index is 12.3. The molecule has 0 radical (unpaired) electrons. The number of hydrogen-bond acceptors (Lipinski definition) is 6. The molecule has 1 aliphatic carbocycles. The molecular formula is C21H25N7O. The first-order valence-electron chi connectivity index (χ1n) is 10.2. The molecule has 1 aliphatic heterocycles. The molecule has 150 valence electrons. The lowest BCUT2D eigenvalue weighted by molar-refractivity contribution is 0.0752. The Bertz CT molecular complexity index is 1090. The van der Waals surface area contributed by atoms with E-state index in [0.717, 1.165) is 42.5 Å². The lowest BCUT2D eigenvalue weighted by atomic mass is 10.00. The quantitative estimate of drug-likeness (QED) is 0.638. The Kier molecular flexibility index (Phi) is 4.50. The molecule has 2 fully saturated rings. The molecule has 1 saturated heterocycles. The Morgan fingerprint density at radius 2 is 1.93 bits per heavy atom. The average Bonchev–Trinajstić information content (AvgIpc) is 3.46. The monoisotopic (exact) mass is 391 g/mol. The molecule has 0 aromatic carbocycles. The summed E-state index contributed by atoms with van der Waals surface area (Å²) in [4.78, 5) is 23.7. The Morgan fingerprint density at radius 1 is 1.10 bits per heavy atom. The van der Waals surface area contributed by atoms with Crippen molar-refractivity contribution in [3.63, 3.8) is 0 Å². The molecule has 0 amide bonds. The second-order valence-electron chi connectivity index (χ2n) is 8.29. The van der Waals surface area contributed by atoms with Crippen LogP contribution in [0.5, 0.6) is 0 Å². The SMILES string of the molecule is Cc1cc(C)n(-c2ccc(=O)n(CC3CN(Cc4ccnc(C5CC5)n4)C3)n2)n1. The molecule has 0 N–H and O–H groups in total.